The molecule has 3 heteroatoms. The van der Waals surface area contributed by atoms with Crippen molar-refractivity contribution in [2.75, 3.05) is 0 Å². The summed E-state index contributed by atoms with van der Waals surface area (Å²) in [4.78, 5) is 21.6. The van der Waals surface area contributed by atoms with Crippen molar-refractivity contribution in [2.24, 2.45) is 0 Å². The number of aldehydes is 1. The minimum atomic E-state index is -0.0921. The molecule has 0 fully saturated rings. The van der Waals surface area contributed by atoms with E-state index in [4.69, 9.17) is 11.6 Å². The van der Waals surface area contributed by atoms with Gasteiger partial charge in [0.2, 0.25) is 0 Å². The van der Waals surface area contributed by atoms with Crippen LogP contribution in [0.4, 0.5) is 0 Å². The molecule has 0 heterocycles. The second-order valence-electron chi connectivity index (χ2n) is 2.86. The quantitative estimate of drug-likeness (QED) is 0.538. The maximum Gasteiger partial charge on any atom is 0.161 e. The lowest BCUT2D eigenvalue weighted by Gasteiger charge is -2.03. The van der Waals surface area contributed by atoms with Crippen LogP contribution in [0.5, 0.6) is 0 Å². The average molecular weight is 197 g/mol. The Morgan fingerprint density at radius 1 is 1.46 bits per heavy atom. The molecule has 1 aromatic carbocycles. The summed E-state index contributed by atoms with van der Waals surface area (Å²) in [7, 11) is 0. The van der Waals surface area contributed by atoms with E-state index in [2.05, 4.69) is 0 Å². The zero-order valence-electron chi connectivity index (χ0n) is 7.43. The van der Waals surface area contributed by atoms with Gasteiger partial charge in [-0.15, -0.1) is 0 Å². The van der Waals surface area contributed by atoms with Crippen LogP contribution in [0.1, 0.15) is 33.2 Å². The first-order valence-electron chi connectivity index (χ1n) is 3.82. The molecule has 2 nitrogen and oxygen atoms in total. The lowest BCUT2D eigenvalue weighted by molar-refractivity contribution is 0.101. The lowest BCUT2D eigenvalue weighted by Crippen LogP contribution is -1.97. The van der Waals surface area contributed by atoms with Gasteiger partial charge in [-0.3, -0.25) is 9.59 Å². The minimum Gasteiger partial charge on any atom is -0.298 e. The zero-order chi connectivity index (χ0) is 10.0. The molecule has 1 rings (SSSR count). The fourth-order valence-electron chi connectivity index (χ4n) is 1.09. The number of hydrogen-bond acceptors (Lipinski definition) is 2. The van der Waals surface area contributed by atoms with Crippen LogP contribution in [0.3, 0.4) is 0 Å². The Morgan fingerprint density at radius 3 is 2.54 bits per heavy atom. The molecule has 68 valence electrons. The monoisotopic (exact) mass is 196 g/mol. The summed E-state index contributed by atoms with van der Waals surface area (Å²) < 4.78 is 0. The number of hydrogen-bond donors (Lipinski definition) is 0. The lowest BCUT2D eigenvalue weighted by atomic mass is 10.0. The molecule has 0 spiro atoms. The predicted molar refractivity (Wildman–Crippen MR) is 51.6 cm³/mol. The summed E-state index contributed by atoms with van der Waals surface area (Å²) in [5.41, 5.74) is 1.75. The van der Waals surface area contributed by atoms with Crippen molar-refractivity contribution in [3.63, 3.8) is 0 Å². The van der Waals surface area contributed by atoms with Crippen molar-refractivity contribution in [3.8, 4) is 0 Å². The number of rotatable bonds is 2. The molecule has 0 bridgehead atoms. The molecule has 0 atom stereocenters. The van der Waals surface area contributed by atoms with E-state index in [0.29, 0.717) is 16.1 Å². The van der Waals surface area contributed by atoms with Crippen molar-refractivity contribution in [2.45, 2.75) is 13.8 Å². The molecule has 13 heavy (non-hydrogen) atoms. The van der Waals surface area contributed by atoms with Gasteiger partial charge >= 0.3 is 0 Å². The maximum atomic E-state index is 11.0. The summed E-state index contributed by atoms with van der Waals surface area (Å²) in [6, 6.07) is 3.15. The molecule has 1 aromatic rings. The van der Waals surface area contributed by atoms with E-state index in [-0.39, 0.29) is 5.78 Å². The molecule has 0 unspecified atom stereocenters. The third-order valence-electron chi connectivity index (χ3n) is 1.86. The number of benzene rings is 1. The van der Waals surface area contributed by atoms with Gasteiger partial charge in [0.1, 0.15) is 6.29 Å². The van der Waals surface area contributed by atoms with Crippen molar-refractivity contribution < 1.29 is 9.59 Å². The van der Waals surface area contributed by atoms with Crippen LogP contribution in [-0.4, -0.2) is 12.1 Å². The van der Waals surface area contributed by atoms with Gasteiger partial charge < -0.3 is 0 Å². The average Bonchev–Trinajstić information content (AvgIpc) is 2.07. The van der Waals surface area contributed by atoms with E-state index >= 15 is 0 Å². The fourth-order valence-corrected chi connectivity index (χ4v) is 1.40. The highest BCUT2D eigenvalue weighted by molar-refractivity contribution is 6.34. The van der Waals surface area contributed by atoms with E-state index in [1.54, 1.807) is 13.0 Å². The van der Waals surface area contributed by atoms with Gasteiger partial charge in [-0.1, -0.05) is 11.6 Å². The highest BCUT2D eigenvalue weighted by Crippen LogP contribution is 2.20. The molecule has 0 amide bonds. The third kappa shape index (κ3) is 1.95. The van der Waals surface area contributed by atoms with E-state index in [1.807, 2.05) is 0 Å². The van der Waals surface area contributed by atoms with Crippen molar-refractivity contribution in [3.05, 3.63) is 33.8 Å². The second-order valence-corrected chi connectivity index (χ2v) is 3.27. The summed E-state index contributed by atoms with van der Waals surface area (Å²) in [5, 5.41) is 0.334. The van der Waals surface area contributed by atoms with Crippen LogP contribution >= 0.6 is 11.6 Å². The summed E-state index contributed by atoms with van der Waals surface area (Å²) >= 11 is 5.80. The van der Waals surface area contributed by atoms with Gasteiger partial charge in [-0.2, -0.15) is 0 Å². The molecule has 0 aromatic heterocycles. The molecular formula is C10H9ClO2. The van der Waals surface area contributed by atoms with E-state index in [1.165, 1.54) is 13.0 Å². The molecular weight excluding hydrogens is 188 g/mol. The van der Waals surface area contributed by atoms with Gasteiger partial charge in [0, 0.05) is 11.1 Å². The number of halogens is 1. The largest absolute Gasteiger partial charge is 0.298 e. The third-order valence-corrected chi connectivity index (χ3v) is 2.17. The number of aryl methyl sites for hydroxylation is 1. The first-order valence-corrected chi connectivity index (χ1v) is 4.20. The normalized spacial score (nSPS) is 9.77. The summed E-state index contributed by atoms with van der Waals surface area (Å²) in [6.45, 7) is 3.22. The number of Topliss-reactive ketones (excluding diaryl/α,β-unsaturated/α-hetero) is 1. The Kier molecular flexibility index (Phi) is 2.83. The predicted octanol–water partition coefficient (Wildman–Crippen LogP) is 2.66. The van der Waals surface area contributed by atoms with E-state index < -0.39 is 0 Å². The van der Waals surface area contributed by atoms with Crippen LogP contribution in [0, 0.1) is 6.92 Å². The zero-order valence-corrected chi connectivity index (χ0v) is 8.18. The molecule has 0 aliphatic heterocycles. The van der Waals surface area contributed by atoms with Crippen LogP contribution in [0.2, 0.25) is 5.02 Å². The van der Waals surface area contributed by atoms with Gasteiger partial charge in [-0.05, 0) is 31.5 Å². The first kappa shape index (κ1) is 9.93. The Balaban J connectivity index is 3.36. The number of carbonyl (C=O) groups excluding carboxylic acids is 2. The Morgan fingerprint density at radius 2 is 2.08 bits per heavy atom. The van der Waals surface area contributed by atoms with Gasteiger partial charge in [0.25, 0.3) is 0 Å². The topological polar surface area (TPSA) is 34.1 Å². The van der Waals surface area contributed by atoms with Crippen LogP contribution in [0.15, 0.2) is 12.1 Å². The molecule has 0 aliphatic rings. The molecule has 0 saturated heterocycles. The summed E-state index contributed by atoms with van der Waals surface area (Å²) in [6.07, 6.45) is 0.727. The Bertz CT molecular complexity index is 369. The SMILES string of the molecule is CC(=O)c1cc(C)c(C=O)cc1Cl. The van der Waals surface area contributed by atoms with Gasteiger partial charge in [0.15, 0.2) is 5.78 Å². The molecule has 0 saturated carbocycles. The highest BCUT2D eigenvalue weighted by atomic mass is 35.5. The molecule has 0 N–H and O–H groups in total. The van der Waals surface area contributed by atoms with Crippen LogP contribution < -0.4 is 0 Å². The second kappa shape index (κ2) is 3.71. The van der Waals surface area contributed by atoms with Gasteiger partial charge in [0.05, 0.1) is 5.02 Å². The number of ketones is 1. The Labute approximate surface area is 81.5 Å². The highest BCUT2D eigenvalue weighted by Gasteiger charge is 2.08. The van der Waals surface area contributed by atoms with E-state index in [9.17, 15) is 9.59 Å². The first-order chi connectivity index (χ1) is 6.06. The minimum absolute atomic E-state index is 0.0921. The number of carbonyl (C=O) groups is 2. The Hall–Kier alpha value is -1.15. The van der Waals surface area contributed by atoms with Crippen molar-refractivity contribution in [1.29, 1.82) is 0 Å². The van der Waals surface area contributed by atoms with Crippen LogP contribution in [-0.2, 0) is 0 Å². The molecule has 0 radical (unpaired) electrons. The maximum absolute atomic E-state index is 11.0. The molecule has 0 aliphatic carbocycles. The van der Waals surface area contributed by atoms with Crippen molar-refractivity contribution >= 4 is 23.7 Å². The van der Waals surface area contributed by atoms with Crippen molar-refractivity contribution in [1.82, 2.24) is 0 Å². The fraction of sp³-hybridized carbons (Fsp3) is 0.200. The standard InChI is InChI=1S/C10H9ClO2/c1-6-3-9(7(2)13)10(11)4-8(6)5-12/h3-5H,1-2H3. The van der Waals surface area contributed by atoms with Gasteiger partial charge in [-0.25, -0.2) is 0 Å². The summed E-state index contributed by atoms with van der Waals surface area (Å²) in [5.74, 6) is -0.0921. The smallest absolute Gasteiger partial charge is 0.161 e. The van der Waals surface area contributed by atoms with E-state index in [0.717, 1.165) is 11.8 Å². The van der Waals surface area contributed by atoms with Crippen LogP contribution in [0.25, 0.3) is 0 Å².